The van der Waals surface area contributed by atoms with Gasteiger partial charge in [0.15, 0.2) is 5.96 Å². The molecule has 0 aromatic heterocycles. The number of hydrogen-bond acceptors (Lipinski definition) is 2. The molecule has 1 aliphatic heterocycles. The van der Waals surface area contributed by atoms with Gasteiger partial charge in [-0.3, -0.25) is 4.99 Å². The third-order valence-electron chi connectivity index (χ3n) is 3.98. The maximum Gasteiger partial charge on any atom is 0.188 e. The molecule has 2 aliphatic rings. The first-order valence-corrected chi connectivity index (χ1v) is 8.06. The van der Waals surface area contributed by atoms with Crippen molar-refractivity contribution in [1.29, 1.82) is 0 Å². The standard InChI is InChI=1S/C15H19BrFN3O/c16-12-4-3-9(6-13(12)17)11-7-14(11)20-15(18)19-8-10-2-1-5-21-10/h3-4,6,10-11,14H,1-2,5,7-8H2,(H3,18,19,20)/t10?,11-,14+/m0/s1. The largest absolute Gasteiger partial charge is 0.376 e. The molecule has 1 unspecified atom stereocenters. The number of halogens is 2. The molecule has 21 heavy (non-hydrogen) atoms. The van der Waals surface area contributed by atoms with Crippen LogP contribution in [0.3, 0.4) is 0 Å². The highest BCUT2D eigenvalue weighted by Crippen LogP contribution is 2.41. The quantitative estimate of drug-likeness (QED) is 0.644. The van der Waals surface area contributed by atoms with Crippen LogP contribution in [0.25, 0.3) is 0 Å². The Balaban J connectivity index is 1.50. The smallest absolute Gasteiger partial charge is 0.188 e. The number of rotatable bonds is 4. The van der Waals surface area contributed by atoms with E-state index in [1.54, 1.807) is 12.1 Å². The van der Waals surface area contributed by atoms with E-state index in [2.05, 4.69) is 26.2 Å². The highest BCUT2D eigenvalue weighted by molar-refractivity contribution is 9.10. The molecule has 1 aromatic carbocycles. The van der Waals surface area contributed by atoms with Crippen molar-refractivity contribution in [3.05, 3.63) is 34.1 Å². The molecule has 1 heterocycles. The Bertz CT molecular complexity index is 546. The van der Waals surface area contributed by atoms with Crippen LogP contribution in [0.4, 0.5) is 4.39 Å². The van der Waals surface area contributed by atoms with E-state index in [1.807, 2.05) is 6.07 Å². The van der Waals surface area contributed by atoms with Gasteiger partial charge in [-0.15, -0.1) is 0 Å². The number of aliphatic imine (C=N–C) groups is 1. The van der Waals surface area contributed by atoms with E-state index in [0.717, 1.165) is 31.4 Å². The lowest BCUT2D eigenvalue weighted by Gasteiger charge is -2.08. The predicted octanol–water partition coefficient (Wildman–Crippen LogP) is 2.53. The molecule has 1 aliphatic carbocycles. The molecular weight excluding hydrogens is 337 g/mol. The zero-order valence-electron chi connectivity index (χ0n) is 11.7. The predicted molar refractivity (Wildman–Crippen MR) is 83.8 cm³/mol. The number of hydrogen-bond donors (Lipinski definition) is 2. The van der Waals surface area contributed by atoms with Gasteiger partial charge in [0.2, 0.25) is 0 Å². The Labute approximate surface area is 132 Å². The molecule has 0 spiro atoms. The highest BCUT2D eigenvalue weighted by Gasteiger charge is 2.39. The highest BCUT2D eigenvalue weighted by atomic mass is 79.9. The van der Waals surface area contributed by atoms with Crippen molar-refractivity contribution in [3.63, 3.8) is 0 Å². The average Bonchev–Trinajstić information content (AvgIpc) is 3.01. The van der Waals surface area contributed by atoms with E-state index in [1.165, 1.54) is 0 Å². The van der Waals surface area contributed by atoms with Crippen LogP contribution < -0.4 is 11.1 Å². The minimum atomic E-state index is -0.224. The van der Waals surface area contributed by atoms with Crippen molar-refractivity contribution in [1.82, 2.24) is 5.32 Å². The molecule has 3 rings (SSSR count). The first-order valence-electron chi connectivity index (χ1n) is 7.26. The van der Waals surface area contributed by atoms with Crippen LogP contribution in [0.5, 0.6) is 0 Å². The van der Waals surface area contributed by atoms with Crippen LogP contribution in [-0.2, 0) is 4.74 Å². The zero-order chi connectivity index (χ0) is 14.8. The molecule has 1 saturated carbocycles. The van der Waals surface area contributed by atoms with Crippen molar-refractivity contribution in [2.24, 2.45) is 10.7 Å². The van der Waals surface area contributed by atoms with Crippen molar-refractivity contribution < 1.29 is 9.13 Å². The second kappa shape index (κ2) is 6.32. The maximum absolute atomic E-state index is 13.5. The molecule has 0 amide bonds. The monoisotopic (exact) mass is 355 g/mol. The van der Waals surface area contributed by atoms with E-state index in [9.17, 15) is 4.39 Å². The summed E-state index contributed by atoms with van der Waals surface area (Å²) in [6.07, 6.45) is 3.33. The number of nitrogens with one attached hydrogen (secondary N) is 1. The van der Waals surface area contributed by atoms with Gasteiger partial charge in [-0.1, -0.05) is 6.07 Å². The summed E-state index contributed by atoms with van der Waals surface area (Å²) in [5, 5.41) is 3.20. The molecule has 0 bridgehead atoms. The van der Waals surface area contributed by atoms with Gasteiger partial charge in [0.1, 0.15) is 5.82 Å². The van der Waals surface area contributed by atoms with Crippen LogP contribution in [-0.4, -0.2) is 31.3 Å². The summed E-state index contributed by atoms with van der Waals surface area (Å²) >= 11 is 3.17. The van der Waals surface area contributed by atoms with E-state index in [0.29, 0.717) is 22.9 Å². The molecular formula is C15H19BrFN3O. The second-order valence-corrected chi connectivity index (χ2v) is 6.48. The van der Waals surface area contributed by atoms with Gasteiger partial charge in [-0.05, 0) is 52.9 Å². The van der Waals surface area contributed by atoms with Gasteiger partial charge >= 0.3 is 0 Å². The molecule has 6 heteroatoms. The van der Waals surface area contributed by atoms with E-state index in [4.69, 9.17) is 10.5 Å². The third kappa shape index (κ3) is 3.74. The average molecular weight is 356 g/mol. The normalized spacial score (nSPS) is 28.7. The Morgan fingerprint density at radius 3 is 3.10 bits per heavy atom. The number of ether oxygens (including phenoxy) is 1. The Morgan fingerprint density at radius 1 is 1.52 bits per heavy atom. The Morgan fingerprint density at radius 2 is 2.38 bits per heavy atom. The number of guanidine groups is 1. The first-order chi connectivity index (χ1) is 10.1. The Hall–Kier alpha value is -1.14. The maximum atomic E-state index is 13.5. The second-order valence-electron chi connectivity index (χ2n) is 5.63. The summed E-state index contributed by atoms with van der Waals surface area (Å²) in [4.78, 5) is 4.32. The summed E-state index contributed by atoms with van der Waals surface area (Å²) in [6.45, 7) is 1.44. The molecule has 1 saturated heterocycles. The molecule has 0 radical (unpaired) electrons. The minimum absolute atomic E-state index is 0.209. The zero-order valence-corrected chi connectivity index (χ0v) is 13.3. The molecule has 3 N–H and O–H groups in total. The SMILES string of the molecule is NC(=NCC1CCCO1)N[C@@H]1C[C@H]1c1ccc(Br)c(F)c1. The fourth-order valence-electron chi connectivity index (χ4n) is 2.69. The van der Waals surface area contributed by atoms with Crippen molar-refractivity contribution in [2.45, 2.75) is 37.3 Å². The first kappa shape index (κ1) is 14.8. The lowest BCUT2D eigenvalue weighted by molar-refractivity contribution is 0.118. The van der Waals surface area contributed by atoms with Gasteiger partial charge in [0, 0.05) is 18.6 Å². The summed E-state index contributed by atoms with van der Waals surface area (Å²) in [7, 11) is 0. The molecule has 4 nitrogen and oxygen atoms in total. The summed E-state index contributed by atoms with van der Waals surface area (Å²) in [6, 6.07) is 5.52. The fraction of sp³-hybridized carbons (Fsp3) is 0.533. The van der Waals surface area contributed by atoms with Gasteiger partial charge in [0.25, 0.3) is 0 Å². The third-order valence-corrected chi connectivity index (χ3v) is 4.63. The molecule has 114 valence electrons. The van der Waals surface area contributed by atoms with Gasteiger partial charge in [0.05, 0.1) is 17.1 Å². The Kier molecular flexibility index (Phi) is 4.45. The van der Waals surface area contributed by atoms with E-state index in [-0.39, 0.29) is 18.0 Å². The molecule has 1 aromatic rings. The molecule has 2 fully saturated rings. The van der Waals surface area contributed by atoms with E-state index >= 15 is 0 Å². The van der Waals surface area contributed by atoms with E-state index < -0.39 is 0 Å². The fourth-order valence-corrected chi connectivity index (χ4v) is 2.94. The lowest BCUT2D eigenvalue weighted by atomic mass is 10.1. The lowest BCUT2D eigenvalue weighted by Crippen LogP contribution is -2.34. The van der Waals surface area contributed by atoms with Gasteiger partial charge in [-0.25, -0.2) is 4.39 Å². The van der Waals surface area contributed by atoms with Crippen LogP contribution in [0, 0.1) is 5.82 Å². The summed E-state index contributed by atoms with van der Waals surface area (Å²) in [5.74, 6) is 0.540. The van der Waals surface area contributed by atoms with Gasteiger partial charge < -0.3 is 15.8 Å². The van der Waals surface area contributed by atoms with Crippen molar-refractivity contribution >= 4 is 21.9 Å². The van der Waals surface area contributed by atoms with Crippen molar-refractivity contribution in [3.8, 4) is 0 Å². The number of benzene rings is 1. The van der Waals surface area contributed by atoms with Crippen LogP contribution >= 0.6 is 15.9 Å². The van der Waals surface area contributed by atoms with Crippen LogP contribution in [0.15, 0.2) is 27.7 Å². The number of nitrogens with zero attached hydrogens (tertiary/aromatic N) is 1. The van der Waals surface area contributed by atoms with Crippen LogP contribution in [0.2, 0.25) is 0 Å². The van der Waals surface area contributed by atoms with Crippen LogP contribution in [0.1, 0.15) is 30.7 Å². The topological polar surface area (TPSA) is 59.6 Å². The van der Waals surface area contributed by atoms with Gasteiger partial charge in [-0.2, -0.15) is 0 Å². The minimum Gasteiger partial charge on any atom is -0.376 e. The number of nitrogens with two attached hydrogens (primary N) is 1. The summed E-state index contributed by atoms with van der Waals surface area (Å²) in [5.41, 5.74) is 6.89. The van der Waals surface area contributed by atoms with Crippen molar-refractivity contribution in [2.75, 3.05) is 13.2 Å². The molecule has 3 atom stereocenters. The summed E-state index contributed by atoms with van der Waals surface area (Å²) < 4.78 is 19.5.